The number of aliphatic hydroxyl groups is 1. The maximum Gasteiger partial charge on any atom is 0.277 e. The Labute approximate surface area is 133 Å². The van der Waals surface area contributed by atoms with Gasteiger partial charge in [0.25, 0.3) is 5.56 Å². The molecule has 0 radical (unpaired) electrons. The summed E-state index contributed by atoms with van der Waals surface area (Å²) >= 11 is 0. The Morgan fingerprint density at radius 2 is 1.83 bits per heavy atom. The summed E-state index contributed by atoms with van der Waals surface area (Å²) in [5.41, 5.74) is 1.31. The second-order valence-corrected chi connectivity index (χ2v) is 5.25. The van der Waals surface area contributed by atoms with Gasteiger partial charge in [0, 0.05) is 0 Å². The average Bonchev–Trinajstić information content (AvgIpc) is 2.59. The Kier molecular flexibility index (Phi) is 4.75. The van der Waals surface area contributed by atoms with E-state index in [0.717, 1.165) is 5.56 Å². The van der Waals surface area contributed by atoms with Gasteiger partial charge >= 0.3 is 0 Å². The minimum Gasteiger partial charge on any atom is -0.389 e. The first-order valence-electron chi connectivity index (χ1n) is 7.36. The predicted octanol–water partition coefficient (Wildman–Crippen LogP) is 1.37. The van der Waals surface area contributed by atoms with E-state index in [4.69, 9.17) is 4.74 Å². The number of aromatic nitrogens is 3. The van der Waals surface area contributed by atoms with E-state index in [1.807, 2.05) is 30.3 Å². The number of ether oxygens (including phenoxy) is 1. The molecule has 1 atom stereocenters. The van der Waals surface area contributed by atoms with Crippen molar-refractivity contribution in [2.24, 2.45) is 0 Å². The molecule has 0 saturated carbocycles. The van der Waals surface area contributed by atoms with Crippen LogP contribution in [0.3, 0.4) is 0 Å². The molecule has 0 aliphatic carbocycles. The molecule has 0 amide bonds. The minimum atomic E-state index is -0.827. The summed E-state index contributed by atoms with van der Waals surface area (Å²) in [6.45, 7) is 0.581. The summed E-state index contributed by atoms with van der Waals surface area (Å²) in [7, 11) is 0. The van der Waals surface area contributed by atoms with Crippen LogP contribution in [-0.2, 0) is 17.9 Å². The molecule has 1 heterocycles. The molecule has 2 aromatic carbocycles. The van der Waals surface area contributed by atoms with Crippen molar-refractivity contribution in [1.82, 2.24) is 15.0 Å². The Hall–Kier alpha value is -2.57. The normalized spacial score (nSPS) is 12.4. The zero-order valence-electron chi connectivity index (χ0n) is 12.5. The maximum absolute atomic E-state index is 12.3. The standard InChI is InChI=1S/C17H17N3O3/c21-14(12-23-11-13-6-2-1-3-7-13)10-20-17(22)15-8-4-5-9-16(15)18-19-20/h1-9,14,21H,10-12H2/t14-/m1/s1. The number of hydrogen-bond donors (Lipinski definition) is 1. The van der Waals surface area contributed by atoms with E-state index in [-0.39, 0.29) is 18.7 Å². The van der Waals surface area contributed by atoms with Gasteiger partial charge in [0.15, 0.2) is 0 Å². The van der Waals surface area contributed by atoms with Crippen molar-refractivity contribution in [3.63, 3.8) is 0 Å². The number of rotatable bonds is 6. The minimum absolute atomic E-state index is 0.0471. The largest absolute Gasteiger partial charge is 0.389 e. The Morgan fingerprint density at radius 3 is 2.65 bits per heavy atom. The van der Waals surface area contributed by atoms with Crippen LogP contribution in [0.2, 0.25) is 0 Å². The molecule has 0 aliphatic heterocycles. The molecular weight excluding hydrogens is 294 g/mol. The quantitative estimate of drug-likeness (QED) is 0.744. The van der Waals surface area contributed by atoms with Gasteiger partial charge in [-0.1, -0.05) is 47.7 Å². The van der Waals surface area contributed by atoms with Crippen LogP contribution >= 0.6 is 0 Å². The van der Waals surface area contributed by atoms with Crippen LogP contribution in [0.4, 0.5) is 0 Å². The first kappa shape index (κ1) is 15.3. The van der Waals surface area contributed by atoms with Gasteiger partial charge in [0.2, 0.25) is 0 Å². The average molecular weight is 311 g/mol. The summed E-state index contributed by atoms with van der Waals surface area (Å²) in [5.74, 6) is 0. The third-order valence-corrected chi connectivity index (χ3v) is 3.43. The van der Waals surface area contributed by atoms with Gasteiger partial charge in [-0.05, 0) is 17.7 Å². The highest BCUT2D eigenvalue weighted by molar-refractivity contribution is 5.76. The van der Waals surface area contributed by atoms with Crippen LogP contribution in [-0.4, -0.2) is 32.8 Å². The highest BCUT2D eigenvalue weighted by Gasteiger charge is 2.10. The van der Waals surface area contributed by atoms with Crippen LogP contribution in [0, 0.1) is 0 Å². The molecule has 23 heavy (non-hydrogen) atoms. The number of aliphatic hydroxyl groups excluding tert-OH is 1. The van der Waals surface area contributed by atoms with Crippen molar-refractivity contribution in [3.05, 3.63) is 70.5 Å². The molecular formula is C17H17N3O3. The SMILES string of the molecule is O=c1c2ccccc2nnn1C[C@@H](O)COCc1ccccc1. The molecule has 118 valence electrons. The highest BCUT2D eigenvalue weighted by atomic mass is 16.5. The van der Waals surface area contributed by atoms with E-state index in [0.29, 0.717) is 17.5 Å². The van der Waals surface area contributed by atoms with Gasteiger partial charge < -0.3 is 9.84 Å². The summed E-state index contributed by atoms with van der Waals surface area (Å²) in [6, 6.07) is 16.7. The second kappa shape index (κ2) is 7.13. The molecule has 6 heteroatoms. The summed E-state index contributed by atoms with van der Waals surface area (Å²) < 4.78 is 6.63. The highest BCUT2D eigenvalue weighted by Crippen LogP contribution is 2.04. The lowest BCUT2D eigenvalue weighted by Gasteiger charge is -2.12. The van der Waals surface area contributed by atoms with E-state index in [9.17, 15) is 9.90 Å². The first-order chi connectivity index (χ1) is 11.2. The van der Waals surface area contributed by atoms with Gasteiger partial charge in [-0.3, -0.25) is 4.79 Å². The van der Waals surface area contributed by atoms with Gasteiger partial charge in [0.05, 0.1) is 31.2 Å². The molecule has 0 aliphatic rings. The Morgan fingerprint density at radius 1 is 1.09 bits per heavy atom. The van der Waals surface area contributed by atoms with E-state index >= 15 is 0 Å². The van der Waals surface area contributed by atoms with Gasteiger partial charge in [0.1, 0.15) is 5.52 Å². The molecule has 0 bridgehead atoms. The zero-order valence-corrected chi connectivity index (χ0v) is 12.5. The number of nitrogens with zero attached hydrogens (tertiary/aromatic N) is 3. The Bertz CT molecular complexity index is 833. The van der Waals surface area contributed by atoms with Crippen LogP contribution in [0.1, 0.15) is 5.56 Å². The predicted molar refractivity (Wildman–Crippen MR) is 85.9 cm³/mol. The van der Waals surface area contributed by atoms with Crippen molar-refractivity contribution in [2.75, 3.05) is 6.61 Å². The Balaban J connectivity index is 1.60. The van der Waals surface area contributed by atoms with Crippen LogP contribution in [0.5, 0.6) is 0 Å². The van der Waals surface area contributed by atoms with Crippen LogP contribution in [0.15, 0.2) is 59.4 Å². The fourth-order valence-corrected chi connectivity index (χ4v) is 2.28. The molecule has 0 unspecified atom stereocenters. The molecule has 1 aromatic heterocycles. The molecule has 0 fully saturated rings. The number of fused-ring (bicyclic) bond motifs is 1. The fourth-order valence-electron chi connectivity index (χ4n) is 2.28. The van der Waals surface area contributed by atoms with E-state index in [1.165, 1.54) is 4.68 Å². The van der Waals surface area contributed by atoms with Gasteiger partial charge in [-0.2, -0.15) is 0 Å². The lowest BCUT2D eigenvalue weighted by atomic mass is 10.2. The van der Waals surface area contributed by atoms with Crippen LogP contribution in [0.25, 0.3) is 10.9 Å². The van der Waals surface area contributed by atoms with E-state index in [2.05, 4.69) is 10.3 Å². The third-order valence-electron chi connectivity index (χ3n) is 3.43. The third kappa shape index (κ3) is 3.80. The van der Waals surface area contributed by atoms with Gasteiger partial charge in [-0.25, -0.2) is 4.68 Å². The van der Waals surface area contributed by atoms with Crippen LogP contribution < -0.4 is 5.56 Å². The lowest BCUT2D eigenvalue weighted by molar-refractivity contribution is 0.0177. The molecule has 6 nitrogen and oxygen atoms in total. The molecule has 3 aromatic rings. The van der Waals surface area contributed by atoms with Crippen molar-refractivity contribution >= 4 is 10.9 Å². The molecule has 0 saturated heterocycles. The summed E-state index contributed by atoms with van der Waals surface area (Å²) in [4.78, 5) is 12.3. The topological polar surface area (TPSA) is 77.2 Å². The van der Waals surface area contributed by atoms with E-state index < -0.39 is 6.10 Å². The second-order valence-electron chi connectivity index (χ2n) is 5.25. The van der Waals surface area contributed by atoms with Crippen molar-refractivity contribution in [1.29, 1.82) is 0 Å². The number of hydrogen-bond acceptors (Lipinski definition) is 5. The molecule has 1 N–H and O–H groups in total. The smallest absolute Gasteiger partial charge is 0.277 e. The molecule has 0 spiro atoms. The summed E-state index contributed by atoms with van der Waals surface area (Å²) in [5, 5.41) is 18.3. The zero-order chi connectivity index (χ0) is 16.1. The summed E-state index contributed by atoms with van der Waals surface area (Å²) in [6.07, 6.45) is -0.827. The van der Waals surface area contributed by atoms with Gasteiger partial charge in [-0.15, -0.1) is 5.10 Å². The first-order valence-corrected chi connectivity index (χ1v) is 7.36. The monoisotopic (exact) mass is 311 g/mol. The van der Waals surface area contributed by atoms with Crippen molar-refractivity contribution in [3.8, 4) is 0 Å². The van der Waals surface area contributed by atoms with Crippen molar-refractivity contribution in [2.45, 2.75) is 19.3 Å². The van der Waals surface area contributed by atoms with E-state index in [1.54, 1.807) is 24.3 Å². The fraction of sp³-hybridized carbons (Fsp3) is 0.235. The maximum atomic E-state index is 12.3. The lowest BCUT2D eigenvalue weighted by Crippen LogP contribution is -2.31. The number of benzene rings is 2. The molecule has 3 rings (SSSR count). The van der Waals surface area contributed by atoms with Crippen molar-refractivity contribution < 1.29 is 9.84 Å².